The molecular formula is C21H23NO2. The van der Waals surface area contributed by atoms with Gasteiger partial charge in [0, 0.05) is 18.7 Å². The van der Waals surface area contributed by atoms with Crippen molar-refractivity contribution < 1.29 is 9.47 Å². The quantitative estimate of drug-likeness (QED) is 0.648. The number of anilines is 1. The Labute approximate surface area is 143 Å². The van der Waals surface area contributed by atoms with Crippen LogP contribution in [0.2, 0.25) is 0 Å². The first-order chi connectivity index (χ1) is 11.9. The lowest BCUT2D eigenvalue weighted by Gasteiger charge is -2.37. The summed E-state index contributed by atoms with van der Waals surface area (Å²) >= 11 is 0. The number of benzene rings is 2. The van der Waals surface area contributed by atoms with E-state index in [1.165, 1.54) is 16.8 Å². The molecule has 2 aliphatic rings. The SMILES string of the molecule is COCCOc1ccc2c(c1)C1C=CCC1C(c1ccccc1)N2. The van der Waals surface area contributed by atoms with Crippen molar-refractivity contribution in [2.45, 2.75) is 18.4 Å². The zero-order chi connectivity index (χ0) is 16.4. The number of allylic oxidation sites excluding steroid dienone is 2. The molecule has 0 saturated heterocycles. The molecule has 0 saturated carbocycles. The number of hydrogen-bond donors (Lipinski definition) is 1. The van der Waals surface area contributed by atoms with Crippen molar-refractivity contribution in [1.82, 2.24) is 0 Å². The standard InChI is InChI=1S/C21H23NO2/c1-23-12-13-24-16-10-11-20-19(14-16)17-8-5-9-18(17)21(22-20)15-6-3-2-4-7-15/h2-8,10-11,14,17-18,21-22H,9,12-13H2,1H3. The third-order valence-corrected chi connectivity index (χ3v) is 5.05. The van der Waals surface area contributed by atoms with E-state index in [1.807, 2.05) is 6.07 Å². The molecule has 2 aromatic carbocycles. The predicted octanol–water partition coefficient (Wildman–Crippen LogP) is 4.54. The second kappa shape index (κ2) is 6.70. The first-order valence-corrected chi connectivity index (χ1v) is 8.60. The maximum Gasteiger partial charge on any atom is 0.119 e. The summed E-state index contributed by atoms with van der Waals surface area (Å²) in [4.78, 5) is 0. The van der Waals surface area contributed by atoms with Gasteiger partial charge >= 0.3 is 0 Å². The third-order valence-electron chi connectivity index (χ3n) is 5.05. The van der Waals surface area contributed by atoms with Crippen LogP contribution in [-0.2, 0) is 4.74 Å². The van der Waals surface area contributed by atoms with Crippen molar-refractivity contribution in [1.29, 1.82) is 0 Å². The highest BCUT2D eigenvalue weighted by molar-refractivity contribution is 5.61. The summed E-state index contributed by atoms with van der Waals surface area (Å²) in [5.41, 5.74) is 3.92. The Balaban J connectivity index is 1.63. The molecule has 1 aliphatic carbocycles. The molecule has 0 radical (unpaired) electrons. The van der Waals surface area contributed by atoms with Gasteiger partial charge in [-0.15, -0.1) is 0 Å². The second-order valence-corrected chi connectivity index (χ2v) is 6.48. The third kappa shape index (κ3) is 2.80. The Morgan fingerprint density at radius 3 is 2.79 bits per heavy atom. The molecule has 3 heteroatoms. The number of methoxy groups -OCH3 is 1. The van der Waals surface area contributed by atoms with E-state index in [9.17, 15) is 0 Å². The lowest BCUT2D eigenvalue weighted by Crippen LogP contribution is -2.29. The minimum absolute atomic E-state index is 0.360. The highest BCUT2D eigenvalue weighted by Gasteiger charge is 2.37. The Kier molecular flexibility index (Phi) is 4.26. The Morgan fingerprint density at radius 1 is 1.08 bits per heavy atom. The minimum Gasteiger partial charge on any atom is -0.491 e. The van der Waals surface area contributed by atoms with Crippen molar-refractivity contribution in [2.75, 3.05) is 25.6 Å². The summed E-state index contributed by atoms with van der Waals surface area (Å²) < 4.78 is 10.9. The summed E-state index contributed by atoms with van der Waals surface area (Å²) in [6.07, 6.45) is 5.80. The molecule has 1 aliphatic heterocycles. The molecule has 0 amide bonds. The van der Waals surface area contributed by atoms with E-state index in [0.29, 0.717) is 31.1 Å². The van der Waals surface area contributed by atoms with Crippen molar-refractivity contribution in [2.24, 2.45) is 5.92 Å². The van der Waals surface area contributed by atoms with Gasteiger partial charge < -0.3 is 14.8 Å². The zero-order valence-electron chi connectivity index (χ0n) is 13.9. The van der Waals surface area contributed by atoms with E-state index < -0.39 is 0 Å². The largest absolute Gasteiger partial charge is 0.491 e. The highest BCUT2D eigenvalue weighted by Crippen LogP contribution is 2.50. The average Bonchev–Trinajstić information content (AvgIpc) is 3.12. The van der Waals surface area contributed by atoms with E-state index in [2.05, 4.69) is 59.9 Å². The molecule has 24 heavy (non-hydrogen) atoms. The fourth-order valence-electron chi connectivity index (χ4n) is 3.90. The van der Waals surface area contributed by atoms with Gasteiger partial charge in [0.1, 0.15) is 12.4 Å². The fraction of sp³-hybridized carbons (Fsp3) is 0.333. The summed E-state index contributed by atoms with van der Waals surface area (Å²) in [5.74, 6) is 1.94. The van der Waals surface area contributed by atoms with Crippen LogP contribution in [0.4, 0.5) is 5.69 Å². The molecule has 3 atom stereocenters. The molecule has 2 aromatic rings. The van der Waals surface area contributed by atoms with Gasteiger partial charge in [-0.3, -0.25) is 0 Å². The Morgan fingerprint density at radius 2 is 1.96 bits per heavy atom. The van der Waals surface area contributed by atoms with Crippen molar-refractivity contribution >= 4 is 5.69 Å². The average molecular weight is 321 g/mol. The van der Waals surface area contributed by atoms with Crippen LogP contribution in [0.3, 0.4) is 0 Å². The van der Waals surface area contributed by atoms with Crippen molar-refractivity contribution in [3.05, 3.63) is 71.8 Å². The normalized spacial score (nSPS) is 24.1. The first-order valence-electron chi connectivity index (χ1n) is 8.60. The maximum atomic E-state index is 5.80. The Bertz CT molecular complexity index is 726. The Hall–Kier alpha value is -2.26. The van der Waals surface area contributed by atoms with Gasteiger partial charge in [-0.2, -0.15) is 0 Å². The van der Waals surface area contributed by atoms with Gasteiger partial charge in [-0.25, -0.2) is 0 Å². The number of hydrogen-bond acceptors (Lipinski definition) is 3. The number of fused-ring (bicyclic) bond motifs is 3. The summed E-state index contributed by atoms with van der Waals surface area (Å²) in [5, 5.41) is 3.76. The van der Waals surface area contributed by atoms with Gasteiger partial charge in [0.25, 0.3) is 0 Å². The number of ether oxygens (including phenoxy) is 2. The summed E-state index contributed by atoms with van der Waals surface area (Å²) in [6, 6.07) is 17.5. The van der Waals surface area contributed by atoms with Gasteiger partial charge in [0.05, 0.1) is 12.6 Å². The van der Waals surface area contributed by atoms with Crippen LogP contribution in [-0.4, -0.2) is 20.3 Å². The van der Waals surface area contributed by atoms with E-state index >= 15 is 0 Å². The summed E-state index contributed by atoms with van der Waals surface area (Å²) in [6.45, 7) is 1.19. The van der Waals surface area contributed by atoms with E-state index in [4.69, 9.17) is 9.47 Å². The maximum absolute atomic E-state index is 5.80. The van der Waals surface area contributed by atoms with E-state index in [-0.39, 0.29) is 0 Å². The molecule has 3 unspecified atom stereocenters. The van der Waals surface area contributed by atoms with Crippen LogP contribution in [0.25, 0.3) is 0 Å². The number of nitrogens with one attached hydrogen (secondary N) is 1. The fourth-order valence-corrected chi connectivity index (χ4v) is 3.90. The zero-order valence-corrected chi connectivity index (χ0v) is 13.9. The van der Waals surface area contributed by atoms with Crippen LogP contribution in [0.1, 0.15) is 29.5 Å². The van der Waals surface area contributed by atoms with Crippen molar-refractivity contribution in [3.63, 3.8) is 0 Å². The molecule has 1 N–H and O–H groups in total. The van der Waals surface area contributed by atoms with Gasteiger partial charge in [0.15, 0.2) is 0 Å². The lowest BCUT2D eigenvalue weighted by atomic mass is 9.77. The molecule has 3 nitrogen and oxygen atoms in total. The lowest BCUT2D eigenvalue weighted by molar-refractivity contribution is 0.146. The predicted molar refractivity (Wildman–Crippen MR) is 96.6 cm³/mol. The topological polar surface area (TPSA) is 30.5 Å². The summed E-state index contributed by atoms with van der Waals surface area (Å²) in [7, 11) is 1.69. The smallest absolute Gasteiger partial charge is 0.119 e. The van der Waals surface area contributed by atoms with Crippen LogP contribution >= 0.6 is 0 Å². The highest BCUT2D eigenvalue weighted by atomic mass is 16.5. The first kappa shape index (κ1) is 15.3. The van der Waals surface area contributed by atoms with Gasteiger partial charge in [-0.05, 0) is 41.7 Å². The van der Waals surface area contributed by atoms with Gasteiger partial charge in [0.2, 0.25) is 0 Å². The van der Waals surface area contributed by atoms with Crippen LogP contribution in [0, 0.1) is 5.92 Å². The molecular weight excluding hydrogens is 298 g/mol. The molecule has 0 spiro atoms. The van der Waals surface area contributed by atoms with Crippen LogP contribution in [0.15, 0.2) is 60.7 Å². The monoisotopic (exact) mass is 321 g/mol. The van der Waals surface area contributed by atoms with Crippen LogP contribution < -0.4 is 10.1 Å². The molecule has 4 rings (SSSR count). The molecule has 0 bridgehead atoms. The molecule has 0 aromatic heterocycles. The molecule has 0 fully saturated rings. The molecule has 124 valence electrons. The van der Waals surface area contributed by atoms with Crippen LogP contribution in [0.5, 0.6) is 5.75 Å². The van der Waals surface area contributed by atoms with E-state index in [1.54, 1.807) is 7.11 Å². The molecule has 1 heterocycles. The number of rotatable bonds is 5. The van der Waals surface area contributed by atoms with Gasteiger partial charge in [-0.1, -0.05) is 42.5 Å². The van der Waals surface area contributed by atoms with E-state index in [0.717, 1.165) is 12.2 Å². The minimum atomic E-state index is 0.360. The van der Waals surface area contributed by atoms with Crippen molar-refractivity contribution in [3.8, 4) is 5.75 Å². The second-order valence-electron chi connectivity index (χ2n) is 6.48.